The molecule has 3 aromatic carbocycles. The van der Waals surface area contributed by atoms with Gasteiger partial charge in [0.25, 0.3) is 5.91 Å². The van der Waals surface area contributed by atoms with Gasteiger partial charge in [-0.2, -0.15) is 0 Å². The van der Waals surface area contributed by atoms with E-state index in [2.05, 4.69) is 15.6 Å². The fourth-order valence-electron chi connectivity index (χ4n) is 3.41. The molecule has 0 saturated carbocycles. The van der Waals surface area contributed by atoms with Crippen molar-refractivity contribution in [1.29, 1.82) is 0 Å². The largest absolute Gasteiger partial charge is 0.493 e. The van der Waals surface area contributed by atoms with E-state index in [4.69, 9.17) is 9.47 Å². The molecule has 172 valence electrons. The average molecular weight is 474 g/mol. The first-order valence-corrected chi connectivity index (χ1v) is 11.4. The van der Waals surface area contributed by atoms with Gasteiger partial charge in [0.15, 0.2) is 16.6 Å². The molecule has 4 aromatic rings. The van der Waals surface area contributed by atoms with Crippen molar-refractivity contribution in [3.05, 3.63) is 89.4 Å². The lowest BCUT2D eigenvalue weighted by Crippen LogP contribution is -2.15. The SMILES string of the molecule is COc1ccc(C(=O)Nc2nc(CC(=O)Nc3ccccc3-c3ccccc3)cs2)cc1OC. The second-order valence-corrected chi connectivity index (χ2v) is 8.16. The highest BCUT2D eigenvalue weighted by molar-refractivity contribution is 7.14. The third-order valence-electron chi connectivity index (χ3n) is 5.05. The van der Waals surface area contributed by atoms with E-state index in [-0.39, 0.29) is 18.2 Å². The highest BCUT2D eigenvalue weighted by atomic mass is 32.1. The first-order valence-electron chi connectivity index (χ1n) is 10.5. The van der Waals surface area contributed by atoms with Gasteiger partial charge < -0.3 is 14.8 Å². The molecule has 34 heavy (non-hydrogen) atoms. The number of hydrogen-bond acceptors (Lipinski definition) is 6. The van der Waals surface area contributed by atoms with Gasteiger partial charge in [-0.1, -0.05) is 48.5 Å². The minimum Gasteiger partial charge on any atom is -0.493 e. The Labute approximate surface area is 201 Å². The lowest BCUT2D eigenvalue weighted by atomic mass is 10.0. The van der Waals surface area contributed by atoms with Gasteiger partial charge in [-0.25, -0.2) is 4.98 Å². The minimum absolute atomic E-state index is 0.0891. The van der Waals surface area contributed by atoms with E-state index in [0.29, 0.717) is 27.9 Å². The second-order valence-electron chi connectivity index (χ2n) is 7.30. The summed E-state index contributed by atoms with van der Waals surface area (Å²) in [6.45, 7) is 0. The Kier molecular flexibility index (Phi) is 7.19. The number of nitrogens with zero attached hydrogens (tertiary/aromatic N) is 1. The summed E-state index contributed by atoms with van der Waals surface area (Å²) < 4.78 is 10.4. The van der Waals surface area contributed by atoms with Gasteiger partial charge in [0.1, 0.15) is 0 Å². The molecule has 1 aromatic heterocycles. The van der Waals surface area contributed by atoms with Crippen LogP contribution in [0.5, 0.6) is 11.5 Å². The molecule has 8 heteroatoms. The van der Waals surface area contributed by atoms with E-state index in [0.717, 1.165) is 16.8 Å². The zero-order chi connectivity index (χ0) is 23.9. The minimum atomic E-state index is -0.330. The summed E-state index contributed by atoms with van der Waals surface area (Å²) in [5.74, 6) is 0.479. The Morgan fingerprint density at radius 3 is 2.38 bits per heavy atom. The van der Waals surface area contributed by atoms with Crippen molar-refractivity contribution in [2.24, 2.45) is 0 Å². The van der Waals surface area contributed by atoms with E-state index in [1.165, 1.54) is 25.6 Å². The fraction of sp³-hybridized carbons (Fsp3) is 0.115. The maximum Gasteiger partial charge on any atom is 0.257 e. The van der Waals surface area contributed by atoms with Crippen LogP contribution in [0.4, 0.5) is 10.8 Å². The van der Waals surface area contributed by atoms with E-state index >= 15 is 0 Å². The highest BCUT2D eigenvalue weighted by Crippen LogP contribution is 2.29. The van der Waals surface area contributed by atoms with Gasteiger partial charge in [-0.15, -0.1) is 11.3 Å². The Bertz CT molecular complexity index is 1300. The fourth-order valence-corrected chi connectivity index (χ4v) is 4.12. The normalized spacial score (nSPS) is 10.4. The Balaban J connectivity index is 1.40. The maximum absolute atomic E-state index is 12.7. The monoisotopic (exact) mass is 473 g/mol. The molecule has 1 heterocycles. The molecule has 0 aliphatic carbocycles. The molecule has 0 fully saturated rings. The zero-order valence-electron chi connectivity index (χ0n) is 18.7. The predicted molar refractivity (Wildman–Crippen MR) is 134 cm³/mol. The quantitative estimate of drug-likeness (QED) is 0.364. The molecular weight excluding hydrogens is 450 g/mol. The molecule has 7 nitrogen and oxygen atoms in total. The number of benzene rings is 3. The molecule has 4 rings (SSSR count). The number of carbonyl (C=O) groups excluding carboxylic acids is 2. The number of hydrogen-bond donors (Lipinski definition) is 2. The van der Waals surface area contributed by atoms with Crippen LogP contribution in [0.2, 0.25) is 0 Å². The van der Waals surface area contributed by atoms with Crippen molar-refractivity contribution in [1.82, 2.24) is 4.98 Å². The average Bonchev–Trinajstić information content (AvgIpc) is 3.30. The summed E-state index contributed by atoms with van der Waals surface area (Å²) >= 11 is 1.26. The number of rotatable bonds is 8. The number of carbonyl (C=O) groups is 2. The lowest BCUT2D eigenvalue weighted by molar-refractivity contribution is -0.115. The predicted octanol–water partition coefficient (Wildman–Crippen LogP) is 5.26. The molecule has 0 radical (unpaired) electrons. The number of amides is 2. The molecule has 0 aliphatic heterocycles. The number of thiazole rings is 1. The van der Waals surface area contributed by atoms with Crippen molar-refractivity contribution in [2.45, 2.75) is 6.42 Å². The van der Waals surface area contributed by atoms with E-state index in [1.54, 1.807) is 23.6 Å². The number of nitrogens with one attached hydrogen (secondary N) is 2. The Morgan fingerprint density at radius 2 is 1.62 bits per heavy atom. The van der Waals surface area contributed by atoms with Crippen LogP contribution in [0, 0.1) is 0 Å². The van der Waals surface area contributed by atoms with E-state index in [1.807, 2.05) is 54.6 Å². The lowest BCUT2D eigenvalue weighted by Gasteiger charge is -2.11. The summed E-state index contributed by atoms with van der Waals surface area (Å²) in [6.07, 6.45) is 0.0891. The van der Waals surface area contributed by atoms with E-state index in [9.17, 15) is 9.59 Å². The Morgan fingerprint density at radius 1 is 0.882 bits per heavy atom. The summed E-state index contributed by atoms with van der Waals surface area (Å²) in [5, 5.41) is 7.90. The maximum atomic E-state index is 12.7. The van der Waals surface area contributed by atoms with Crippen LogP contribution in [0.25, 0.3) is 11.1 Å². The highest BCUT2D eigenvalue weighted by Gasteiger charge is 2.15. The molecule has 0 atom stereocenters. The second kappa shape index (κ2) is 10.6. The van der Waals surface area contributed by atoms with Crippen LogP contribution < -0.4 is 20.1 Å². The van der Waals surface area contributed by atoms with Crippen molar-refractivity contribution in [2.75, 3.05) is 24.9 Å². The van der Waals surface area contributed by atoms with Crippen LogP contribution >= 0.6 is 11.3 Å². The van der Waals surface area contributed by atoms with Crippen molar-refractivity contribution < 1.29 is 19.1 Å². The first kappa shape index (κ1) is 23.0. The molecule has 0 bridgehead atoms. The summed E-state index contributed by atoms with van der Waals surface area (Å²) in [6, 6.07) is 22.4. The van der Waals surface area contributed by atoms with Crippen molar-refractivity contribution in [3.8, 4) is 22.6 Å². The number of aromatic nitrogens is 1. The van der Waals surface area contributed by atoms with Crippen LogP contribution in [0.3, 0.4) is 0 Å². The Hall–Kier alpha value is -4.17. The summed E-state index contributed by atoms with van der Waals surface area (Å²) in [7, 11) is 3.04. The van der Waals surface area contributed by atoms with Crippen LogP contribution in [-0.4, -0.2) is 31.0 Å². The van der Waals surface area contributed by atoms with Crippen LogP contribution in [-0.2, 0) is 11.2 Å². The number of para-hydroxylation sites is 1. The third-order valence-corrected chi connectivity index (χ3v) is 5.85. The van der Waals surface area contributed by atoms with Crippen molar-refractivity contribution in [3.63, 3.8) is 0 Å². The van der Waals surface area contributed by atoms with Gasteiger partial charge in [0.2, 0.25) is 5.91 Å². The molecular formula is C26H23N3O4S. The number of methoxy groups -OCH3 is 2. The molecule has 2 N–H and O–H groups in total. The molecule has 0 spiro atoms. The standard InChI is InChI=1S/C26H23N3O4S/c1-32-22-13-12-18(14-23(22)33-2)25(31)29-26-27-19(16-34-26)15-24(30)28-21-11-7-6-10-20(21)17-8-4-3-5-9-17/h3-14,16H,15H2,1-2H3,(H,28,30)(H,27,29,31). The summed E-state index contributed by atoms with van der Waals surface area (Å²) in [5.41, 5.74) is 3.67. The van der Waals surface area contributed by atoms with Gasteiger partial charge >= 0.3 is 0 Å². The van der Waals surface area contributed by atoms with Gasteiger partial charge in [-0.3, -0.25) is 14.9 Å². The first-order chi connectivity index (χ1) is 16.6. The van der Waals surface area contributed by atoms with Crippen molar-refractivity contribution >= 4 is 34.0 Å². The summed E-state index contributed by atoms with van der Waals surface area (Å²) in [4.78, 5) is 29.7. The topological polar surface area (TPSA) is 89.5 Å². The van der Waals surface area contributed by atoms with Crippen LogP contribution in [0.15, 0.2) is 78.2 Å². The molecule has 0 aliphatic rings. The number of ether oxygens (including phenoxy) is 2. The van der Waals surface area contributed by atoms with Gasteiger partial charge in [0.05, 0.1) is 26.3 Å². The molecule has 2 amide bonds. The molecule has 0 unspecified atom stereocenters. The van der Waals surface area contributed by atoms with Crippen LogP contribution in [0.1, 0.15) is 16.1 Å². The zero-order valence-corrected chi connectivity index (χ0v) is 19.5. The number of anilines is 2. The van der Waals surface area contributed by atoms with Gasteiger partial charge in [-0.05, 0) is 29.8 Å². The van der Waals surface area contributed by atoms with E-state index < -0.39 is 0 Å². The molecule has 0 saturated heterocycles. The smallest absolute Gasteiger partial charge is 0.257 e. The third kappa shape index (κ3) is 5.41. The van der Waals surface area contributed by atoms with Gasteiger partial charge in [0, 0.05) is 22.2 Å².